The van der Waals surface area contributed by atoms with E-state index in [4.69, 9.17) is 0 Å². The molecule has 1 N–H and O–H groups in total. The lowest BCUT2D eigenvalue weighted by molar-refractivity contribution is 0.666. The quantitative estimate of drug-likeness (QED) is 0.774. The van der Waals surface area contributed by atoms with Crippen molar-refractivity contribution in [3.8, 4) is 0 Å². The molecule has 0 bridgehead atoms. The molecule has 2 aromatic heterocycles. The Morgan fingerprint density at radius 1 is 1.26 bits per heavy atom. The molecule has 2 heterocycles. The number of pyridine rings is 1. The van der Waals surface area contributed by atoms with E-state index in [9.17, 15) is 0 Å². The minimum atomic E-state index is 0.794. The van der Waals surface area contributed by atoms with Gasteiger partial charge in [-0.15, -0.1) is 0 Å². The first-order chi connectivity index (χ1) is 9.29. The molecule has 4 nitrogen and oxygen atoms in total. The van der Waals surface area contributed by atoms with E-state index in [-0.39, 0.29) is 0 Å². The van der Waals surface area contributed by atoms with Gasteiger partial charge in [0.1, 0.15) is 0 Å². The van der Waals surface area contributed by atoms with Crippen molar-refractivity contribution < 1.29 is 0 Å². The summed E-state index contributed by atoms with van der Waals surface area (Å²) in [6.45, 7) is 7.13. The monoisotopic (exact) mass is 258 g/mol. The minimum Gasteiger partial charge on any atom is -0.331 e. The summed E-state index contributed by atoms with van der Waals surface area (Å²) in [5, 5.41) is 3.39. The molecule has 0 aliphatic heterocycles. The van der Waals surface area contributed by atoms with Crippen molar-refractivity contribution in [1.29, 1.82) is 0 Å². The third kappa shape index (κ3) is 4.17. The largest absolute Gasteiger partial charge is 0.331 e. The lowest BCUT2D eigenvalue weighted by Crippen LogP contribution is -2.17. The van der Waals surface area contributed by atoms with E-state index in [2.05, 4.69) is 46.0 Å². The Balaban J connectivity index is 1.89. The van der Waals surface area contributed by atoms with Crippen LogP contribution in [-0.2, 0) is 13.0 Å². The molecule has 0 spiro atoms. The number of rotatable bonds is 7. The van der Waals surface area contributed by atoms with Crippen LogP contribution in [0.3, 0.4) is 0 Å². The van der Waals surface area contributed by atoms with Gasteiger partial charge in [0.15, 0.2) is 0 Å². The highest BCUT2D eigenvalue weighted by molar-refractivity contribution is 5.18. The number of hydrogen-bond donors (Lipinski definition) is 1. The zero-order valence-electron chi connectivity index (χ0n) is 11.8. The third-order valence-electron chi connectivity index (χ3n) is 3.12. The molecular formula is C15H22N4. The molecule has 0 atom stereocenters. The van der Waals surface area contributed by atoms with Gasteiger partial charge in [-0.2, -0.15) is 0 Å². The Bertz CT molecular complexity index is 504. The maximum atomic E-state index is 4.43. The highest BCUT2D eigenvalue weighted by atomic mass is 15.0. The summed E-state index contributed by atoms with van der Waals surface area (Å²) < 4.78 is 2.10. The fourth-order valence-electron chi connectivity index (χ4n) is 2.00. The normalized spacial score (nSPS) is 10.8. The van der Waals surface area contributed by atoms with Crippen LogP contribution in [0.1, 0.15) is 30.3 Å². The highest BCUT2D eigenvalue weighted by Crippen LogP contribution is 2.06. The smallest absolute Gasteiger partial charge is 0.0953 e. The molecule has 19 heavy (non-hydrogen) atoms. The van der Waals surface area contributed by atoms with Gasteiger partial charge >= 0.3 is 0 Å². The van der Waals surface area contributed by atoms with Gasteiger partial charge in [-0.05, 0) is 31.5 Å². The van der Waals surface area contributed by atoms with Gasteiger partial charge in [-0.3, -0.25) is 4.98 Å². The Hall–Kier alpha value is -1.68. The van der Waals surface area contributed by atoms with Crippen molar-refractivity contribution in [1.82, 2.24) is 19.9 Å². The van der Waals surface area contributed by atoms with Crippen molar-refractivity contribution in [3.05, 3.63) is 47.8 Å². The standard InChI is InChI=1S/C15H22N4/c1-3-7-16-9-6-14-10-19(12-18-14)11-15-13(2)5-4-8-17-15/h4-5,8,10,12,16H,3,6-7,9,11H2,1-2H3. The average Bonchev–Trinajstić information content (AvgIpc) is 2.85. The van der Waals surface area contributed by atoms with E-state index in [1.165, 1.54) is 12.0 Å². The molecule has 4 heteroatoms. The van der Waals surface area contributed by atoms with Crippen molar-refractivity contribution in [2.24, 2.45) is 0 Å². The second kappa shape index (κ2) is 7.04. The lowest BCUT2D eigenvalue weighted by atomic mass is 10.2. The Kier molecular flexibility index (Phi) is 5.10. The number of aromatic nitrogens is 3. The summed E-state index contributed by atoms with van der Waals surface area (Å²) in [6.07, 6.45) is 8.00. The van der Waals surface area contributed by atoms with E-state index in [1.807, 2.05) is 18.6 Å². The molecule has 0 amide bonds. The predicted molar refractivity (Wildman–Crippen MR) is 77.2 cm³/mol. The zero-order chi connectivity index (χ0) is 13.5. The van der Waals surface area contributed by atoms with Crippen LogP contribution in [0.15, 0.2) is 30.9 Å². The highest BCUT2D eigenvalue weighted by Gasteiger charge is 2.02. The number of nitrogens with zero attached hydrogens (tertiary/aromatic N) is 3. The fraction of sp³-hybridized carbons (Fsp3) is 0.467. The maximum Gasteiger partial charge on any atom is 0.0953 e. The van der Waals surface area contributed by atoms with Crippen molar-refractivity contribution >= 4 is 0 Å². The van der Waals surface area contributed by atoms with E-state index < -0.39 is 0 Å². The van der Waals surface area contributed by atoms with Gasteiger partial charge in [0.05, 0.1) is 24.3 Å². The zero-order valence-corrected chi connectivity index (χ0v) is 11.8. The number of aryl methyl sites for hydroxylation is 1. The minimum absolute atomic E-state index is 0.794. The molecule has 0 fully saturated rings. The summed E-state index contributed by atoms with van der Waals surface area (Å²) in [5.74, 6) is 0. The lowest BCUT2D eigenvalue weighted by Gasteiger charge is -2.04. The SMILES string of the molecule is CCCNCCc1cn(Cc2ncccc2C)cn1. The molecule has 0 saturated carbocycles. The summed E-state index contributed by atoms with van der Waals surface area (Å²) in [4.78, 5) is 8.84. The predicted octanol–water partition coefficient (Wildman–Crippen LogP) is 2.18. The van der Waals surface area contributed by atoms with Crippen molar-refractivity contribution in [3.63, 3.8) is 0 Å². The van der Waals surface area contributed by atoms with Crippen LogP contribution in [0, 0.1) is 6.92 Å². The van der Waals surface area contributed by atoms with E-state index in [1.54, 1.807) is 0 Å². The van der Waals surface area contributed by atoms with Crippen LogP contribution in [0.4, 0.5) is 0 Å². The Morgan fingerprint density at radius 2 is 2.16 bits per heavy atom. The van der Waals surface area contributed by atoms with Crippen LogP contribution < -0.4 is 5.32 Å². The Labute approximate surface area is 114 Å². The van der Waals surface area contributed by atoms with Crippen LogP contribution in [0.5, 0.6) is 0 Å². The molecule has 2 aromatic rings. The molecular weight excluding hydrogens is 236 g/mol. The summed E-state index contributed by atoms with van der Waals surface area (Å²) >= 11 is 0. The fourth-order valence-corrected chi connectivity index (χ4v) is 2.00. The van der Waals surface area contributed by atoms with Gasteiger partial charge < -0.3 is 9.88 Å². The first kappa shape index (κ1) is 13.7. The van der Waals surface area contributed by atoms with Gasteiger partial charge in [-0.1, -0.05) is 13.0 Å². The summed E-state index contributed by atoms with van der Waals surface area (Å²) in [6, 6.07) is 4.06. The number of nitrogens with one attached hydrogen (secondary N) is 1. The molecule has 0 aliphatic rings. The van der Waals surface area contributed by atoms with Gasteiger partial charge in [0, 0.05) is 25.4 Å². The first-order valence-electron chi connectivity index (χ1n) is 6.91. The van der Waals surface area contributed by atoms with Crippen LogP contribution in [0.25, 0.3) is 0 Å². The van der Waals surface area contributed by atoms with Gasteiger partial charge in [-0.25, -0.2) is 4.98 Å². The topological polar surface area (TPSA) is 42.7 Å². The van der Waals surface area contributed by atoms with E-state index in [0.717, 1.165) is 37.4 Å². The molecule has 0 aromatic carbocycles. The average molecular weight is 258 g/mol. The number of hydrogen-bond acceptors (Lipinski definition) is 3. The molecule has 2 rings (SSSR count). The maximum absolute atomic E-state index is 4.43. The van der Waals surface area contributed by atoms with Gasteiger partial charge in [0.25, 0.3) is 0 Å². The van der Waals surface area contributed by atoms with E-state index in [0.29, 0.717) is 0 Å². The first-order valence-corrected chi connectivity index (χ1v) is 6.91. The molecule has 0 aliphatic carbocycles. The summed E-state index contributed by atoms with van der Waals surface area (Å²) in [5.41, 5.74) is 3.47. The molecule has 0 saturated heterocycles. The molecule has 0 radical (unpaired) electrons. The van der Waals surface area contributed by atoms with Crippen LogP contribution >= 0.6 is 0 Å². The molecule has 102 valence electrons. The van der Waals surface area contributed by atoms with Gasteiger partial charge in [0.2, 0.25) is 0 Å². The second-order valence-electron chi connectivity index (χ2n) is 4.80. The summed E-state index contributed by atoms with van der Waals surface area (Å²) in [7, 11) is 0. The molecule has 0 unspecified atom stereocenters. The van der Waals surface area contributed by atoms with Crippen LogP contribution in [0.2, 0.25) is 0 Å². The van der Waals surface area contributed by atoms with Crippen molar-refractivity contribution in [2.45, 2.75) is 33.2 Å². The van der Waals surface area contributed by atoms with Crippen molar-refractivity contribution in [2.75, 3.05) is 13.1 Å². The number of imidazole rings is 1. The second-order valence-corrected chi connectivity index (χ2v) is 4.80. The van der Waals surface area contributed by atoms with Crippen LogP contribution in [-0.4, -0.2) is 27.6 Å². The Morgan fingerprint density at radius 3 is 2.95 bits per heavy atom. The van der Waals surface area contributed by atoms with E-state index >= 15 is 0 Å². The third-order valence-corrected chi connectivity index (χ3v) is 3.12.